The molecule has 0 aromatic heterocycles. The van der Waals surface area contributed by atoms with Gasteiger partial charge in [-0.05, 0) is 32.6 Å². The molecule has 2 bridgehead atoms. The van der Waals surface area contributed by atoms with E-state index >= 15 is 0 Å². The fourth-order valence-electron chi connectivity index (χ4n) is 3.03. The van der Waals surface area contributed by atoms with Crippen LogP contribution in [0, 0.1) is 0 Å². The summed E-state index contributed by atoms with van der Waals surface area (Å²) in [4.78, 5) is 13.9. The molecule has 1 N–H and O–H groups in total. The predicted octanol–water partition coefficient (Wildman–Crippen LogP) is 1.15. The van der Waals surface area contributed by atoms with Crippen molar-refractivity contribution in [3.8, 4) is 0 Å². The van der Waals surface area contributed by atoms with Gasteiger partial charge in [0.2, 0.25) is 5.91 Å². The van der Waals surface area contributed by atoms with Crippen LogP contribution in [0.5, 0.6) is 0 Å². The Balaban J connectivity index is 1.78. The second-order valence-electron chi connectivity index (χ2n) is 5.21. The molecule has 4 nitrogen and oxygen atoms in total. The van der Waals surface area contributed by atoms with E-state index in [1.807, 2.05) is 18.9 Å². The van der Waals surface area contributed by atoms with Gasteiger partial charge in [-0.15, -0.1) is 0 Å². The van der Waals surface area contributed by atoms with E-state index in [1.54, 1.807) is 0 Å². The maximum Gasteiger partial charge on any atom is 0.224 e. The van der Waals surface area contributed by atoms with Gasteiger partial charge in [0.05, 0.1) is 13.0 Å². The molecular formula is C13H24N2O2. The number of nitrogens with zero attached hydrogens (tertiary/aromatic N) is 1. The fourth-order valence-corrected chi connectivity index (χ4v) is 3.03. The lowest BCUT2D eigenvalue weighted by molar-refractivity contribution is -0.133. The van der Waals surface area contributed by atoms with E-state index in [-0.39, 0.29) is 5.91 Å². The Morgan fingerprint density at radius 2 is 2.00 bits per heavy atom. The Hall–Kier alpha value is -0.610. The Morgan fingerprint density at radius 3 is 2.59 bits per heavy atom. The second kappa shape index (κ2) is 5.83. The van der Waals surface area contributed by atoms with Crippen molar-refractivity contribution in [2.75, 3.05) is 20.3 Å². The highest BCUT2D eigenvalue weighted by atomic mass is 16.5. The molecule has 2 fully saturated rings. The number of nitrogens with one attached hydrogen (secondary N) is 1. The van der Waals surface area contributed by atoms with E-state index in [1.165, 1.54) is 12.8 Å². The largest absolute Gasteiger partial charge is 0.381 e. The van der Waals surface area contributed by atoms with Gasteiger partial charge in [-0.25, -0.2) is 0 Å². The van der Waals surface area contributed by atoms with Gasteiger partial charge >= 0.3 is 0 Å². The standard InChI is InChI=1S/C13H24N2O2/c1-3-17-7-6-13(16)15(2)12-8-10-4-5-11(9-12)14-10/h10-12,14H,3-9H2,1-2H3. The van der Waals surface area contributed by atoms with Gasteiger partial charge in [-0.1, -0.05) is 0 Å². The number of hydrogen-bond acceptors (Lipinski definition) is 3. The molecule has 4 heteroatoms. The SMILES string of the molecule is CCOCCC(=O)N(C)C1CC2CCC(C1)N2. The lowest BCUT2D eigenvalue weighted by Gasteiger charge is -2.35. The maximum atomic E-state index is 12.0. The first-order valence-corrected chi connectivity index (χ1v) is 6.80. The van der Waals surface area contributed by atoms with Gasteiger partial charge in [0.25, 0.3) is 0 Å². The maximum absolute atomic E-state index is 12.0. The monoisotopic (exact) mass is 240 g/mol. The quantitative estimate of drug-likeness (QED) is 0.733. The molecule has 0 aromatic rings. The summed E-state index contributed by atoms with van der Waals surface area (Å²) in [5.41, 5.74) is 0. The van der Waals surface area contributed by atoms with Crippen molar-refractivity contribution in [2.45, 2.75) is 57.2 Å². The van der Waals surface area contributed by atoms with Gasteiger partial charge in [0.15, 0.2) is 0 Å². The van der Waals surface area contributed by atoms with Crippen LogP contribution in [0.2, 0.25) is 0 Å². The number of carbonyl (C=O) groups excluding carboxylic acids is 1. The zero-order valence-electron chi connectivity index (χ0n) is 10.9. The van der Waals surface area contributed by atoms with Gasteiger partial charge in [-0.3, -0.25) is 4.79 Å². The Bertz CT molecular complexity index is 258. The van der Waals surface area contributed by atoms with Crippen LogP contribution in [-0.2, 0) is 9.53 Å². The van der Waals surface area contributed by atoms with Crippen molar-refractivity contribution < 1.29 is 9.53 Å². The molecule has 0 aromatic carbocycles. The summed E-state index contributed by atoms with van der Waals surface area (Å²) in [5, 5.41) is 3.60. The normalized spacial score (nSPS) is 31.5. The second-order valence-corrected chi connectivity index (χ2v) is 5.21. The number of hydrogen-bond donors (Lipinski definition) is 1. The van der Waals surface area contributed by atoms with E-state index in [4.69, 9.17) is 4.74 Å². The van der Waals surface area contributed by atoms with Crippen LogP contribution in [-0.4, -0.2) is 49.2 Å². The summed E-state index contributed by atoms with van der Waals surface area (Å²) in [6.45, 7) is 3.20. The zero-order valence-corrected chi connectivity index (χ0v) is 10.9. The predicted molar refractivity (Wildman–Crippen MR) is 66.8 cm³/mol. The summed E-state index contributed by atoms with van der Waals surface area (Å²) >= 11 is 0. The molecule has 2 unspecified atom stereocenters. The first kappa shape index (κ1) is 12.8. The first-order chi connectivity index (χ1) is 8.20. The molecule has 0 aliphatic carbocycles. The number of amides is 1. The van der Waals surface area contributed by atoms with E-state index in [2.05, 4.69) is 5.32 Å². The summed E-state index contributed by atoms with van der Waals surface area (Å²) < 4.78 is 5.24. The third kappa shape index (κ3) is 3.19. The van der Waals surface area contributed by atoms with Crippen LogP contribution in [0.3, 0.4) is 0 Å². The Morgan fingerprint density at radius 1 is 1.35 bits per heavy atom. The van der Waals surface area contributed by atoms with E-state index < -0.39 is 0 Å². The van der Waals surface area contributed by atoms with Gasteiger partial charge < -0.3 is 15.0 Å². The van der Waals surface area contributed by atoms with Crippen LogP contribution in [0.25, 0.3) is 0 Å². The van der Waals surface area contributed by atoms with Gasteiger partial charge in [-0.2, -0.15) is 0 Å². The first-order valence-electron chi connectivity index (χ1n) is 6.80. The Kier molecular flexibility index (Phi) is 4.40. The molecule has 0 saturated carbocycles. The molecule has 2 atom stereocenters. The van der Waals surface area contributed by atoms with Crippen molar-refractivity contribution in [2.24, 2.45) is 0 Å². The molecule has 1 amide bonds. The summed E-state index contributed by atoms with van der Waals surface area (Å²) in [7, 11) is 1.95. The zero-order chi connectivity index (χ0) is 12.3. The van der Waals surface area contributed by atoms with E-state index in [0.717, 1.165) is 12.8 Å². The van der Waals surface area contributed by atoms with Crippen molar-refractivity contribution in [1.29, 1.82) is 0 Å². The Labute approximate surface area is 104 Å². The van der Waals surface area contributed by atoms with Crippen LogP contribution < -0.4 is 5.32 Å². The molecule has 0 spiro atoms. The average Bonchev–Trinajstić information content (AvgIpc) is 2.67. The molecule has 98 valence electrons. The topological polar surface area (TPSA) is 41.6 Å². The molecular weight excluding hydrogens is 216 g/mol. The minimum Gasteiger partial charge on any atom is -0.381 e. The summed E-state index contributed by atoms with van der Waals surface area (Å²) in [6, 6.07) is 1.71. The fraction of sp³-hybridized carbons (Fsp3) is 0.923. The minimum atomic E-state index is 0.227. The van der Waals surface area contributed by atoms with Gasteiger partial charge in [0.1, 0.15) is 0 Å². The summed E-state index contributed by atoms with van der Waals surface area (Å²) in [6.07, 6.45) is 5.31. The molecule has 17 heavy (non-hydrogen) atoms. The minimum absolute atomic E-state index is 0.227. The van der Waals surface area contributed by atoms with Crippen molar-refractivity contribution in [1.82, 2.24) is 10.2 Å². The highest BCUT2D eigenvalue weighted by molar-refractivity contribution is 5.76. The molecule has 2 saturated heterocycles. The van der Waals surface area contributed by atoms with Crippen molar-refractivity contribution >= 4 is 5.91 Å². The average molecular weight is 240 g/mol. The van der Waals surface area contributed by atoms with Gasteiger partial charge in [0, 0.05) is 31.8 Å². The third-order valence-electron chi connectivity index (χ3n) is 4.05. The third-order valence-corrected chi connectivity index (χ3v) is 4.05. The molecule has 2 aliphatic heterocycles. The smallest absolute Gasteiger partial charge is 0.224 e. The van der Waals surface area contributed by atoms with E-state index in [0.29, 0.717) is 37.8 Å². The number of ether oxygens (including phenoxy) is 1. The lowest BCUT2D eigenvalue weighted by atomic mass is 9.98. The number of carbonyl (C=O) groups is 1. The lowest BCUT2D eigenvalue weighted by Crippen LogP contribution is -2.48. The molecule has 2 heterocycles. The molecule has 0 radical (unpaired) electrons. The van der Waals surface area contributed by atoms with Crippen molar-refractivity contribution in [3.05, 3.63) is 0 Å². The van der Waals surface area contributed by atoms with E-state index in [9.17, 15) is 4.79 Å². The highest BCUT2D eigenvalue weighted by Gasteiger charge is 2.36. The molecule has 2 aliphatic rings. The van der Waals surface area contributed by atoms with Crippen molar-refractivity contribution in [3.63, 3.8) is 0 Å². The van der Waals surface area contributed by atoms with Crippen LogP contribution in [0.1, 0.15) is 39.0 Å². The molecule has 2 rings (SSSR count). The van der Waals surface area contributed by atoms with Crippen LogP contribution in [0.15, 0.2) is 0 Å². The number of rotatable bonds is 5. The number of fused-ring (bicyclic) bond motifs is 2. The number of piperidine rings is 1. The highest BCUT2D eigenvalue weighted by Crippen LogP contribution is 2.29. The van der Waals surface area contributed by atoms with Crippen LogP contribution >= 0.6 is 0 Å². The summed E-state index contributed by atoms with van der Waals surface area (Å²) in [5.74, 6) is 0.227. The van der Waals surface area contributed by atoms with Crippen LogP contribution in [0.4, 0.5) is 0 Å².